The third-order valence-corrected chi connectivity index (χ3v) is 2.08. The largest absolute Gasteiger partial charge is 0.394 e. The second-order valence-corrected chi connectivity index (χ2v) is 3.36. The van der Waals surface area contributed by atoms with E-state index in [0.29, 0.717) is 10.3 Å². The van der Waals surface area contributed by atoms with Gasteiger partial charge in [-0.1, -0.05) is 0 Å². The Hall–Kier alpha value is -1.21. The fourth-order valence-corrected chi connectivity index (χ4v) is 1.13. The maximum absolute atomic E-state index is 10.8. The first-order chi connectivity index (χ1) is 6.65. The van der Waals surface area contributed by atoms with Crippen molar-refractivity contribution in [1.29, 1.82) is 0 Å². The molecule has 0 saturated heterocycles. The zero-order valence-electron chi connectivity index (χ0n) is 7.14. The Bertz CT molecular complexity index is 333. The van der Waals surface area contributed by atoms with Crippen LogP contribution in [0.2, 0.25) is 0 Å². The van der Waals surface area contributed by atoms with Gasteiger partial charge < -0.3 is 16.2 Å². The number of carbonyl (C=O) groups excluding carboxylic acids is 1. The van der Waals surface area contributed by atoms with Gasteiger partial charge >= 0.3 is 0 Å². The number of hydrogen-bond donors (Lipinski definition) is 3. The van der Waals surface area contributed by atoms with Crippen LogP contribution in [0.3, 0.4) is 0 Å². The van der Waals surface area contributed by atoms with Crippen LogP contribution in [0.5, 0.6) is 0 Å². The Morgan fingerprint density at radius 1 is 1.79 bits per heavy atom. The van der Waals surface area contributed by atoms with Crippen molar-refractivity contribution in [3.8, 4) is 0 Å². The molecular weight excluding hydrogens is 252 g/mol. The lowest BCUT2D eigenvalue weighted by Crippen LogP contribution is -2.38. The van der Waals surface area contributed by atoms with Gasteiger partial charge in [-0.15, -0.1) is 0 Å². The van der Waals surface area contributed by atoms with Crippen LogP contribution in [-0.4, -0.2) is 33.6 Å². The van der Waals surface area contributed by atoms with E-state index in [1.54, 1.807) is 0 Å². The predicted octanol–water partition coefficient (Wildman–Crippen LogP) is -0.503. The summed E-state index contributed by atoms with van der Waals surface area (Å²) in [5, 5.41) is 11.5. The number of primary amides is 1. The molecule has 0 aliphatic heterocycles. The number of hydrogen-bond acceptors (Lipinski definition) is 5. The number of aromatic nitrogens is 2. The minimum Gasteiger partial charge on any atom is -0.394 e. The third kappa shape index (κ3) is 2.64. The van der Waals surface area contributed by atoms with Crippen molar-refractivity contribution in [1.82, 2.24) is 9.97 Å². The van der Waals surface area contributed by atoms with Gasteiger partial charge in [0.1, 0.15) is 18.2 Å². The van der Waals surface area contributed by atoms with E-state index in [4.69, 9.17) is 10.8 Å². The molecular formula is C7H9BrN4O2. The van der Waals surface area contributed by atoms with Crippen LogP contribution in [-0.2, 0) is 4.79 Å². The molecule has 0 fully saturated rings. The Balaban J connectivity index is 2.77. The molecule has 1 aromatic rings. The summed E-state index contributed by atoms with van der Waals surface area (Å²) in [5.41, 5.74) is 5.02. The molecule has 1 heterocycles. The van der Waals surface area contributed by atoms with Gasteiger partial charge in [-0.2, -0.15) is 0 Å². The van der Waals surface area contributed by atoms with Gasteiger partial charge in [-0.05, 0) is 15.9 Å². The second kappa shape index (κ2) is 4.87. The van der Waals surface area contributed by atoms with Crippen LogP contribution >= 0.6 is 15.9 Å². The number of rotatable bonds is 4. The highest BCUT2D eigenvalue weighted by Gasteiger charge is 2.15. The summed E-state index contributed by atoms with van der Waals surface area (Å²) >= 11 is 3.18. The van der Waals surface area contributed by atoms with Crippen molar-refractivity contribution in [2.45, 2.75) is 6.04 Å². The average molecular weight is 261 g/mol. The van der Waals surface area contributed by atoms with Crippen LogP contribution in [0.1, 0.15) is 0 Å². The highest BCUT2D eigenvalue weighted by molar-refractivity contribution is 9.10. The number of nitrogens with two attached hydrogens (primary N) is 1. The van der Waals surface area contributed by atoms with Crippen molar-refractivity contribution in [3.05, 3.63) is 17.0 Å². The second-order valence-electron chi connectivity index (χ2n) is 2.50. The van der Waals surface area contributed by atoms with Crippen molar-refractivity contribution < 1.29 is 9.90 Å². The number of halogens is 1. The molecule has 0 aromatic carbocycles. The molecule has 0 radical (unpaired) electrons. The zero-order chi connectivity index (χ0) is 10.6. The van der Waals surface area contributed by atoms with Gasteiger partial charge in [-0.3, -0.25) is 4.79 Å². The molecule has 76 valence electrons. The van der Waals surface area contributed by atoms with E-state index in [9.17, 15) is 4.79 Å². The van der Waals surface area contributed by atoms with Gasteiger partial charge in [0.15, 0.2) is 0 Å². The maximum Gasteiger partial charge on any atom is 0.242 e. The normalized spacial score (nSPS) is 12.1. The Morgan fingerprint density at radius 2 is 2.50 bits per heavy atom. The van der Waals surface area contributed by atoms with E-state index in [1.807, 2.05) is 0 Å². The van der Waals surface area contributed by atoms with Crippen LogP contribution in [0.15, 0.2) is 17.0 Å². The zero-order valence-corrected chi connectivity index (χ0v) is 8.73. The molecule has 1 aromatic heterocycles. The summed E-state index contributed by atoms with van der Waals surface area (Å²) in [6, 6.07) is -0.846. The number of carbonyl (C=O) groups is 1. The molecule has 4 N–H and O–H groups in total. The molecule has 0 bridgehead atoms. The molecule has 0 saturated carbocycles. The van der Waals surface area contributed by atoms with Gasteiger partial charge in [0, 0.05) is 6.20 Å². The van der Waals surface area contributed by atoms with E-state index >= 15 is 0 Å². The monoisotopic (exact) mass is 260 g/mol. The lowest BCUT2D eigenvalue weighted by molar-refractivity contribution is -0.119. The minimum absolute atomic E-state index is 0.383. The topological polar surface area (TPSA) is 101 Å². The van der Waals surface area contributed by atoms with Crippen molar-refractivity contribution in [2.75, 3.05) is 11.9 Å². The fourth-order valence-electron chi connectivity index (χ4n) is 0.791. The summed E-state index contributed by atoms with van der Waals surface area (Å²) in [7, 11) is 0. The highest BCUT2D eigenvalue weighted by Crippen LogP contribution is 2.17. The van der Waals surface area contributed by atoms with Gasteiger partial charge in [-0.25, -0.2) is 9.97 Å². The maximum atomic E-state index is 10.8. The Kier molecular flexibility index (Phi) is 3.78. The van der Waals surface area contributed by atoms with E-state index in [-0.39, 0.29) is 6.61 Å². The molecule has 1 atom stereocenters. The first kappa shape index (κ1) is 10.9. The van der Waals surface area contributed by atoms with E-state index in [0.717, 1.165) is 0 Å². The Labute approximate surface area is 88.7 Å². The van der Waals surface area contributed by atoms with Crippen molar-refractivity contribution in [2.24, 2.45) is 5.73 Å². The van der Waals surface area contributed by atoms with Crippen LogP contribution in [0.4, 0.5) is 5.82 Å². The molecule has 0 aliphatic carbocycles. The molecule has 0 unspecified atom stereocenters. The lowest BCUT2D eigenvalue weighted by Gasteiger charge is -2.13. The fraction of sp³-hybridized carbons (Fsp3) is 0.286. The standard InChI is InChI=1S/C7H9BrN4O2/c8-4-1-10-3-11-7(4)12-5(2-13)6(9)14/h1,3,5,13H,2H2,(H2,9,14)(H,10,11,12)/t5-/m0/s1. The van der Waals surface area contributed by atoms with E-state index in [2.05, 4.69) is 31.2 Å². The SMILES string of the molecule is NC(=O)[C@H](CO)Nc1ncncc1Br. The number of anilines is 1. The number of aliphatic hydroxyl groups is 1. The Morgan fingerprint density at radius 3 is 3.00 bits per heavy atom. The summed E-state index contributed by atoms with van der Waals surface area (Å²) < 4.78 is 0.597. The van der Waals surface area contributed by atoms with Crippen LogP contribution in [0, 0.1) is 0 Å². The van der Waals surface area contributed by atoms with Crippen LogP contribution < -0.4 is 11.1 Å². The van der Waals surface area contributed by atoms with E-state index < -0.39 is 11.9 Å². The predicted molar refractivity (Wildman–Crippen MR) is 53.4 cm³/mol. The summed E-state index contributed by atoms with van der Waals surface area (Å²) in [6.07, 6.45) is 2.84. The first-order valence-electron chi connectivity index (χ1n) is 3.77. The first-order valence-corrected chi connectivity index (χ1v) is 4.56. The number of aliphatic hydroxyl groups excluding tert-OH is 1. The molecule has 0 spiro atoms. The van der Waals surface area contributed by atoms with Crippen molar-refractivity contribution >= 4 is 27.7 Å². The summed E-state index contributed by atoms with van der Waals surface area (Å²) in [4.78, 5) is 18.4. The quantitative estimate of drug-likeness (QED) is 0.678. The average Bonchev–Trinajstić information content (AvgIpc) is 2.16. The highest BCUT2D eigenvalue weighted by atomic mass is 79.9. The van der Waals surface area contributed by atoms with Gasteiger partial charge in [0.25, 0.3) is 0 Å². The summed E-state index contributed by atoms with van der Waals surface area (Å²) in [5.74, 6) is -0.226. The van der Waals surface area contributed by atoms with Crippen LogP contribution in [0.25, 0.3) is 0 Å². The molecule has 6 nitrogen and oxygen atoms in total. The number of amides is 1. The van der Waals surface area contributed by atoms with Gasteiger partial charge in [0.05, 0.1) is 11.1 Å². The smallest absolute Gasteiger partial charge is 0.242 e. The third-order valence-electron chi connectivity index (χ3n) is 1.50. The number of nitrogens with zero attached hydrogens (tertiary/aromatic N) is 2. The van der Waals surface area contributed by atoms with E-state index in [1.165, 1.54) is 12.5 Å². The van der Waals surface area contributed by atoms with Crippen molar-refractivity contribution in [3.63, 3.8) is 0 Å². The summed E-state index contributed by atoms with van der Waals surface area (Å²) in [6.45, 7) is -0.383. The molecule has 1 rings (SSSR count). The molecule has 14 heavy (non-hydrogen) atoms. The minimum atomic E-state index is -0.846. The molecule has 7 heteroatoms. The molecule has 0 aliphatic rings. The van der Waals surface area contributed by atoms with Gasteiger partial charge in [0.2, 0.25) is 5.91 Å². The number of nitrogens with one attached hydrogen (secondary N) is 1. The lowest BCUT2D eigenvalue weighted by atomic mass is 10.3. The molecule has 1 amide bonds.